The van der Waals surface area contributed by atoms with Crippen LogP contribution in [-0.2, 0) is 6.18 Å². The highest BCUT2D eigenvalue weighted by Crippen LogP contribution is 2.28. The highest BCUT2D eigenvalue weighted by atomic mass is 19.4. The Labute approximate surface area is 135 Å². The van der Waals surface area contributed by atoms with Crippen LogP contribution in [0.15, 0.2) is 47.7 Å². The molecule has 0 atom stereocenters. The summed E-state index contributed by atoms with van der Waals surface area (Å²) in [5.74, 6) is 0. The fourth-order valence-electron chi connectivity index (χ4n) is 1.54. The number of nitrogens with one attached hydrogen (secondary N) is 2. The Morgan fingerprint density at radius 1 is 1.33 bits per heavy atom. The maximum Gasteiger partial charge on any atom is 0.433 e. The van der Waals surface area contributed by atoms with Crippen LogP contribution in [0.2, 0.25) is 0 Å². The van der Waals surface area contributed by atoms with Gasteiger partial charge in [0.1, 0.15) is 18.0 Å². The molecule has 126 valence electrons. The third kappa shape index (κ3) is 5.00. The normalized spacial score (nSPS) is 11.9. The van der Waals surface area contributed by atoms with Gasteiger partial charge in [-0.1, -0.05) is 0 Å². The predicted molar refractivity (Wildman–Crippen MR) is 78.4 cm³/mol. The molecule has 2 aromatic rings. The number of anilines is 1. The fraction of sp³-hybridized carbons (Fsp3) is 0.214. The van der Waals surface area contributed by atoms with E-state index in [0.717, 1.165) is 17.8 Å². The molecule has 0 aliphatic rings. The lowest BCUT2D eigenvalue weighted by Crippen LogP contribution is -2.08. The van der Waals surface area contributed by atoms with E-state index < -0.39 is 11.9 Å². The minimum Gasteiger partial charge on any atom is -0.457 e. The second-order valence-corrected chi connectivity index (χ2v) is 4.65. The molecule has 0 unspecified atom stereocenters. The number of ether oxygens (including phenoxy) is 1. The molecule has 2 rings (SSSR count). The first kappa shape index (κ1) is 17.3. The Bertz CT molecular complexity index is 730. The van der Waals surface area contributed by atoms with Gasteiger partial charge in [-0.25, -0.2) is 15.5 Å². The molecule has 0 bridgehead atoms. The summed E-state index contributed by atoms with van der Waals surface area (Å²) in [6.45, 7) is 1.71. The van der Waals surface area contributed by atoms with Crippen molar-refractivity contribution in [2.45, 2.75) is 13.1 Å². The Morgan fingerprint density at radius 3 is 2.67 bits per heavy atom. The van der Waals surface area contributed by atoms with E-state index in [-0.39, 0.29) is 24.0 Å². The van der Waals surface area contributed by atoms with E-state index in [1.807, 2.05) is 6.92 Å². The van der Waals surface area contributed by atoms with Crippen molar-refractivity contribution in [2.24, 2.45) is 5.11 Å². The zero-order valence-corrected chi connectivity index (χ0v) is 12.5. The summed E-state index contributed by atoms with van der Waals surface area (Å²) in [5, 5.41) is 5.85. The van der Waals surface area contributed by atoms with Crippen molar-refractivity contribution in [3.05, 3.63) is 53.9 Å². The standard InChI is InChI=1S/C14H13F3N6O/c1-9-5-21-13(22-6-9)24-8-11(23-18)7-20-10-2-3-19-12(4-10)14(15,16)17/h2-7,18H,8H2,1H3,(H,19,20)/b11-7-,23-18?. The van der Waals surface area contributed by atoms with Gasteiger partial charge in [-0.15, -0.1) is 0 Å². The quantitative estimate of drug-likeness (QED) is 0.785. The van der Waals surface area contributed by atoms with Crippen LogP contribution >= 0.6 is 0 Å². The number of pyridine rings is 1. The van der Waals surface area contributed by atoms with Crippen LogP contribution in [0.4, 0.5) is 18.9 Å². The summed E-state index contributed by atoms with van der Waals surface area (Å²) in [7, 11) is 0. The average molecular weight is 338 g/mol. The second-order valence-electron chi connectivity index (χ2n) is 4.65. The number of aryl methyl sites for hydroxylation is 1. The molecule has 2 heterocycles. The first-order valence-corrected chi connectivity index (χ1v) is 6.66. The summed E-state index contributed by atoms with van der Waals surface area (Å²) in [4.78, 5) is 11.1. The molecule has 0 aromatic carbocycles. The number of aromatic nitrogens is 3. The number of hydrogen-bond acceptors (Lipinski definition) is 7. The van der Waals surface area contributed by atoms with Gasteiger partial charge in [-0.2, -0.15) is 18.3 Å². The van der Waals surface area contributed by atoms with E-state index in [4.69, 9.17) is 10.3 Å². The lowest BCUT2D eigenvalue weighted by atomic mass is 10.3. The van der Waals surface area contributed by atoms with Gasteiger partial charge in [0.15, 0.2) is 0 Å². The number of nitrogens with zero attached hydrogens (tertiary/aromatic N) is 4. The van der Waals surface area contributed by atoms with Crippen molar-refractivity contribution in [1.29, 1.82) is 5.53 Å². The third-order valence-electron chi connectivity index (χ3n) is 2.71. The molecule has 24 heavy (non-hydrogen) atoms. The molecule has 0 spiro atoms. The monoisotopic (exact) mass is 338 g/mol. The lowest BCUT2D eigenvalue weighted by molar-refractivity contribution is -0.141. The highest BCUT2D eigenvalue weighted by Gasteiger charge is 2.32. The summed E-state index contributed by atoms with van der Waals surface area (Å²) < 4.78 is 43.0. The van der Waals surface area contributed by atoms with Gasteiger partial charge < -0.3 is 10.1 Å². The Hall–Kier alpha value is -3.04. The molecule has 0 radical (unpaired) electrons. The number of rotatable bonds is 6. The highest BCUT2D eigenvalue weighted by molar-refractivity contribution is 5.46. The zero-order chi connectivity index (χ0) is 17.6. The molecule has 2 aromatic heterocycles. The topological polar surface area (TPSA) is 96.1 Å². The van der Waals surface area contributed by atoms with E-state index in [1.54, 1.807) is 12.4 Å². The van der Waals surface area contributed by atoms with Gasteiger partial charge in [0.2, 0.25) is 0 Å². The lowest BCUT2D eigenvalue weighted by Gasteiger charge is -2.08. The van der Waals surface area contributed by atoms with E-state index in [2.05, 4.69) is 25.4 Å². The molecule has 0 saturated heterocycles. The van der Waals surface area contributed by atoms with Crippen LogP contribution in [0.3, 0.4) is 0 Å². The van der Waals surface area contributed by atoms with Crippen LogP contribution in [0.25, 0.3) is 0 Å². The van der Waals surface area contributed by atoms with E-state index in [1.165, 1.54) is 12.3 Å². The van der Waals surface area contributed by atoms with E-state index >= 15 is 0 Å². The van der Waals surface area contributed by atoms with Crippen LogP contribution in [0, 0.1) is 12.5 Å². The molecule has 0 aliphatic carbocycles. The zero-order valence-electron chi connectivity index (χ0n) is 12.5. The van der Waals surface area contributed by atoms with Crippen LogP contribution in [0.1, 0.15) is 11.3 Å². The van der Waals surface area contributed by atoms with E-state index in [9.17, 15) is 13.2 Å². The SMILES string of the molecule is Cc1cnc(OC/C(=C/Nc2ccnc(C(F)(F)F)c2)N=N)nc1. The molecular weight excluding hydrogens is 325 g/mol. The van der Waals surface area contributed by atoms with Gasteiger partial charge in [-0.05, 0) is 24.6 Å². The van der Waals surface area contributed by atoms with Gasteiger partial charge in [0.05, 0.1) is 0 Å². The molecule has 2 N–H and O–H groups in total. The second kappa shape index (κ2) is 7.49. The number of alkyl halides is 3. The maximum absolute atomic E-state index is 12.6. The molecule has 0 aliphatic heterocycles. The molecule has 0 saturated carbocycles. The number of hydrogen-bond donors (Lipinski definition) is 2. The molecule has 0 fully saturated rings. The first-order chi connectivity index (χ1) is 11.4. The van der Waals surface area contributed by atoms with Crippen molar-refractivity contribution in [3.63, 3.8) is 0 Å². The minimum atomic E-state index is -4.53. The summed E-state index contributed by atoms with van der Waals surface area (Å²) in [5.41, 5.74) is 7.22. The number of halogens is 3. The molecular formula is C14H13F3N6O. The molecule has 0 amide bonds. The maximum atomic E-state index is 12.6. The van der Waals surface area contributed by atoms with Gasteiger partial charge in [0, 0.05) is 30.5 Å². The predicted octanol–water partition coefficient (Wildman–Crippen LogP) is 3.56. The van der Waals surface area contributed by atoms with Crippen LogP contribution in [-0.4, -0.2) is 21.6 Å². The summed E-state index contributed by atoms with van der Waals surface area (Å²) in [6.07, 6.45) is 0.897. The smallest absolute Gasteiger partial charge is 0.433 e. The Kier molecular flexibility index (Phi) is 5.40. The van der Waals surface area contributed by atoms with Crippen molar-refractivity contribution < 1.29 is 17.9 Å². The van der Waals surface area contributed by atoms with Crippen molar-refractivity contribution in [3.8, 4) is 6.01 Å². The first-order valence-electron chi connectivity index (χ1n) is 6.66. The summed E-state index contributed by atoms with van der Waals surface area (Å²) in [6, 6.07) is 2.32. The van der Waals surface area contributed by atoms with Crippen LogP contribution < -0.4 is 10.1 Å². The van der Waals surface area contributed by atoms with E-state index in [0.29, 0.717) is 0 Å². The average Bonchev–Trinajstić information content (AvgIpc) is 2.56. The minimum absolute atomic E-state index is 0.110. The van der Waals surface area contributed by atoms with Gasteiger partial charge in [-0.3, -0.25) is 4.98 Å². The molecule has 10 heteroatoms. The van der Waals surface area contributed by atoms with Gasteiger partial charge in [0.25, 0.3) is 0 Å². The van der Waals surface area contributed by atoms with Crippen LogP contribution in [0.5, 0.6) is 6.01 Å². The molecule has 7 nitrogen and oxygen atoms in total. The van der Waals surface area contributed by atoms with Crippen molar-refractivity contribution in [1.82, 2.24) is 15.0 Å². The van der Waals surface area contributed by atoms with Crippen molar-refractivity contribution in [2.75, 3.05) is 11.9 Å². The third-order valence-corrected chi connectivity index (χ3v) is 2.71. The largest absolute Gasteiger partial charge is 0.457 e. The summed E-state index contributed by atoms with van der Waals surface area (Å²) >= 11 is 0. The fourth-order valence-corrected chi connectivity index (χ4v) is 1.54. The Balaban J connectivity index is 2.00. The Morgan fingerprint density at radius 2 is 2.04 bits per heavy atom. The van der Waals surface area contributed by atoms with Crippen molar-refractivity contribution >= 4 is 5.69 Å². The van der Waals surface area contributed by atoms with Gasteiger partial charge >= 0.3 is 12.2 Å².